The van der Waals surface area contributed by atoms with Crippen molar-refractivity contribution in [1.82, 2.24) is 24.9 Å². The quantitative estimate of drug-likeness (QED) is 0.211. The normalized spacial score (nSPS) is 8.43. The van der Waals surface area contributed by atoms with Crippen LogP contribution in [0.2, 0.25) is 0 Å². The summed E-state index contributed by atoms with van der Waals surface area (Å²) < 4.78 is 0. The van der Waals surface area contributed by atoms with Crippen LogP contribution in [0.3, 0.4) is 0 Å². The Labute approximate surface area is 322 Å². The van der Waals surface area contributed by atoms with Gasteiger partial charge in [0.05, 0.1) is 0 Å². The van der Waals surface area contributed by atoms with Gasteiger partial charge in [-0.05, 0) is 76.6 Å². The summed E-state index contributed by atoms with van der Waals surface area (Å²) in [7, 11) is 0. The zero-order valence-electron chi connectivity index (χ0n) is 36.8. The molecule has 0 amide bonds. The highest BCUT2D eigenvalue weighted by molar-refractivity contribution is 5.13. The number of pyridine rings is 3. The first kappa shape index (κ1) is 62.6. The van der Waals surface area contributed by atoms with E-state index in [9.17, 15) is 0 Å². The van der Waals surface area contributed by atoms with E-state index in [1.165, 1.54) is 16.7 Å². The van der Waals surface area contributed by atoms with Crippen LogP contribution in [0.5, 0.6) is 0 Å². The van der Waals surface area contributed by atoms with E-state index in [4.69, 9.17) is 0 Å². The van der Waals surface area contributed by atoms with E-state index in [1.54, 1.807) is 12.5 Å². The Bertz CT molecular complexity index is 898. The minimum Gasteiger partial charge on any atom is -0.265 e. The molecule has 0 spiro atoms. The Morgan fingerprint density at radius 1 is 0.392 bits per heavy atom. The third-order valence-corrected chi connectivity index (χ3v) is 5.25. The molecule has 5 nitrogen and oxygen atoms in total. The van der Waals surface area contributed by atoms with Crippen LogP contribution in [0.1, 0.15) is 200 Å². The van der Waals surface area contributed by atoms with Crippen LogP contribution in [0.25, 0.3) is 0 Å². The molecular formula is C46H89N5. The predicted octanol–water partition coefficient (Wildman–Crippen LogP) is 15.9. The summed E-state index contributed by atoms with van der Waals surface area (Å²) in [5.41, 5.74) is 5.01. The molecule has 5 heteroatoms. The van der Waals surface area contributed by atoms with Gasteiger partial charge in [0, 0.05) is 50.5 Å². The van der Waals surface area contributed by atoms with Crippen LogP contribution in [0.15, 0.2) is 92.2 Å². The van der Waals surface area contributed by atoms with Crippen molar-refractivity contribution in [3.8, 4) is 0 Å². The van der Waals surface area contributed by atoms with E-state index in [0.717, 1.165) is 11.6 Å². The van der Waals surface area contributed by atoms with Crippen LogP contribution in [0.4, 0.5) is 0 Å². The fraction of sp³-hybridized carbons (Fsp3) is 0.587. The van der Waals surface area contributed by atoms with Crippen molar-refractivity contribution in [2.24, 2.45) is 5.92 Å². The molecule has 51 heavy (non-hydrogen) atoms. The van der Waals surface area contributed by atoms with Gasteiger partial charge < -0.3 is 0 Å². The van der Waals surface area contributed by atoms with E-state index in [2.05, 4.69) is 107 Å². The lowest BCUT2D eigenvalue weighted by atomic mass is 10.1. The average molecular weight is 713 g/mol. The molecule has 0 fully saturated rings. The summed E-state index contributed by atoms with van der Waals surface area (Å²) in [6.45, 7) is 43.7. The van der Waals surface area contributed by atoms with Crippen LogP contribution in [0, 0.1) is 5.92 Å². The van der Waals surface area contributed by atoms with Gasteiger partial charge in [0.1, 0.15) is 6.33 Å². The molecule has 4 heterocycles. The summed E-state index contributed by atoms with van der Waals surface area (Å²) >= 11 is 0. The van der Waals surface area contributed by atoms with Crippen molar-refractivity contribution in [2.75, 3.05) is 0 Å². The highest BCUT2D eigenvalue weighted by Gasteiger charge is 1.97. The van der Waals surface area contributed by atoms with Crippen molar-refractivity contribution >= 4 is 0 Å². The fourth-order valence-corrected chi connectivity index (χ4v) is 2.79. The molecule has 0 aromatic carbocycles. The molecule has 0 bridgehead atoms. The van der Waals surface area contributed by atoms with E-state index in [-0.39, 0.29) is 8.85 Å². The number of hydrogen-bond donors (Lipinski definition) is 0. The molecule has 0 radical (unpaired) electrons. The molecule has 298 valence electrons. The molecule has 0 aliphatic heterocycles. The van der Waals surface area contributed by atoms with Gasteiger partial charge in [0.25, 0.3) is 0 Å². The molecule has 0 unspecified atom stereocenters. The van der Waals surface area contributed by atoms with E-state index in [1.807, 2.05) is 143 Å². The number of nitrogens with zero attached hydrogens (tertiary/aromatic N) is 5. The number of hydrogen-bond acceptors (Lipinski definition) is 5. The van der Waals surface area contributed by atoms with E-state index in [0.29, 0.717) is 23.7 Å². The second-order valence-corrected chi connectivity index (χ2v) is 11.3. The van der Waals surface area contributed by atoms with Gasteiger partial charge in [0.2, 0.25) is 0 Å². The standard InChI is InChI=1S/3C8H11N.C7H10N2.C4H10.5C2H6.CH4.H2/c1-7(2)8-3-5-9-6-4-8;1-7(2)8-4-3-5-9-6-8;1-7(2)8-5-3-4-6-9-8;1-6(2)7-3-8-5-9-4-7;1-4(2)3;5*1-2;;/h3*3-7H,1-2H3;3-6H,1-2H3;4H,1-3H3;5*1-2H3;1H4;1H/i;;;;;;;;;;;1+1. The largest absolute Gasteiger partial charge is 0.265 e. The second-order valence-electron chi connectivity index (χ2n) is 11.3. The minimum atomic E-state index is 0. The first-order chi connectivity index (χ1) is 24.0. The first-order valence-corrected chi connectivity index (χ1v) is 19.4. The van der Waals surface area contributed by atoms with Gasteiger partial charge in [-0.25, -0.2) is 9.97 Å². The Balaban J connectivity index is -0.0000000733. The Morgan fingerprint density at radius 2 is 0.804 bits per heavy atom. The third-order valence-electron chi connectivity index (χ3n) is 5.25. The Morgan fingerprint density at radius 3 is 1.04 bits per heavy atom. The van der Waals surface area contributed by atoms with Gasteiger partial charge in [-0.1, -0.05) is 165 Å². The van der Waals surface area contributed by atoms with Crippen LogP contribution in [-0.4, -0.2) is 24.9 Å². The maximum Gasteiger partial charge on any atom is 0.115 e. The molecule has 0 saturated heterocycles. The number of aromatic nitrogens is 5. The molecule has 0 atom stereocenters. The Kier molecular flexibility index (Phi) is 62.5. The monoisotopic (exact) mass is 713 g/mol. The topological polar surface area (TPSA) is 64.5 Å². The van der Waals surface area contributed by atoms with Gasteiger partial charge >= 0.3 is 0 Å². The zero-order valence-corrected chi connectivity index (χ0v) is 36.8. The molecule has 4 rings (SSSR count). The van der Waals surface area contributed by atoms with Gasteiger partial charge in [-0.15, -0.1) is 0 Å². The van der Waals surface area contributed by atoms with Crippen LogP contribution in [-0.2, 0) is 0 Å². The predicted molar refractivity (Wildman–Crippen MR) is 237 cm³/mol. The number of rotatable bonds is 4. The highest BCUT2D eigenvalue weighted by Crippen LogP contribution is 2.12. The van der Waals surface area contributed by atoms with Gasteiger partial charge in [-0.2, -0.15) is 0 Å². The van der Waals surface area contributed by atoms with Crippen molar-refractivity contribution in [3.63, 3.8) is 0 Å². The molecule has 4 aromatic heterocycles. The SMILES string of the molecule is C.CC.CC.CC.CC.CC.CC(C)C.CC(C)c1ccccn1.CC(C)c1cccnc1.CC(C)c1ccncc1.CC(C)c1cncnc1.[2HH]. The van der Waals surface area contributed by atoms with Crippen molar-refractivity contribution in [1.29, 1.82) is 0 Å². The molecule has 0 aliphatic carbocycles. The molecule has 0 saturated carbocycles. The van der Waals surface area contributed by atoms with Crippen LogP contribution < -0.4 is 0 Å². The summed E-state index contributed by atoms with van der Waals surface area (Å²) in [6, 6.07) is 14.2. The van der Waals surface area contributed by atoms with Gasteiger partial charge in [-0.3, -0.25) is 15.0 Å². The zero-order chi connectivity index (χ0) is 40.3. The lowest BCUT2D eigenvalue weighted by molar-refractivity contribution is 0.737. The highest BCUT2D eigenvalue weighted by atomic mass is 14.8. The van der Waals surface area contributed by atoms with Crippen molar-refractivity contribution in [3.05, 3.63) is 115 Å². The smallest absolute Gasteiger partial charge is 0.115 e. The molecule has 0 N–H and O–H groups in total. The fourth-order valence-electron chi connectivity index (χ4n) is 2.79. The minimum absolute atomic E-state index is 0. The third kappa shape index (κ3) is 46.5. The molecule has 4 aromatic rings. The summed E-state index contributed by atoms with van der Waals surface area (Å²) in [6.07, 6.45) is 14.4. The lowest BCUT2D eigenvalue weighted by Crippen LogP contribution is -1.88. The molecular weight excluding hydrogens is 623 g/mol. The lowest BCUT2D eigenvalue weighted by Gasteiger charge is -2.01. The maximum absolute atomic E-state index is 4.18. The van der Waals surface area contributed by atoms with Gasteiger partial charge in [0.15, 0.2) is 0 Å². The molecule has 0 aliphatic rings. The van der Waals surface area contributed by atoms with Crippen molar-refractivity contribution < 1.29 is 1.43 Å². The summed E-state index contributed by atoms with van der Waals surface area (Å²) in [4.78, 5) is 19.9. The van der Waals surface area contributed by atoms with Crippen molar-refractivity contribution in [2.45, 2.75) is 176 Å². The average Bonchev–Trinajstić information content (AvgIpc) is 3.17. The van der Waals surface area contributed by atoms with Crippen LogP contribution >= 0.6 is 0 Å². The maximum atomic E-state index is 4.18. The second kappa shape index (κ2) is 50.9. The first-order valence-electron chi connectivity index (χ1n) is 19.4. The van der Waals surface area contributed by atoms with E-state index < -0.39 is 0 Å². The Hall–Kier alpha value is -3.47. The van der Waals surface area contributed by atoms with E-state index >= 15 is 0 Å². The summed E-state index contributed by atoms with van der Waals surface area (Å²) in [5, 5.41) is 0. The summed E-state index contributed by atoms with van der Waals surface area (Å²) in [5.74, 6) is 3.13.